The van der Waals surface area contributed by atoms with E-state index < -0.39 is 0 Å². The summed E-state index contributed by atoms with van der Waals surface area (Å²) in [6.07, 6.45) is 0.906. The normalized spacial score (nSPS) is 16.9. The second-order valence-electron chi connectivity index (χ2n) is 5.34. The summed E-state index contributed by atoms with van der Waals surface area (Å²) in [7, 11) is 0. The molecule has 0 radical (unpaired) electrons. The first-order valence-electron chi connectivity index (χ1n) is 7.55. The minimum absolute atomic E-state index is 0.0973. The van der Waals surface area contributed by atoms with Crippen molar-refractivity contribution in [3.05, 3.63) is 53.5 Å². The largest absolute Gasteiger partial charge is 0.492 e. The van der Waals surface area contributed by atoms with Crippen LogP contribution in [0.4, 0.5) is 0 Å². The van der Waals surface area contributed by atoms with E-state index in [-0.39, 0.29) is 6.04 Å². The number of furan rings is 1. The Balaban J connectivity index is 1.84. The van der Waals surface area contributed by atoms with E-state index >= 15 is 0 Å². The van der Waals surface area contributed by atoms with E-state index in [2.05, 4.69) is 17.9 Å². The molecule has 21 heavy (non-hydrogen) atoms. The smallest absolute Gasteiger partial charge is 0.123 e. The zero-order chi connectivity index (χ0) is 14.7. The van der Waals surface area contributed by atoms with Crippen LogP contribution in [-0.4, -0.2) is 24.6 Å². The third kappa shape index (κ3) is 2.96. The lowest BCUT2D eigenvalue weighted by Crippen LogP contribution is -2.34. The number of rotatable bonds is 4. The van der Waals surface area contributed by atoms with E-state index in [1.54, 1.807) is 0 Å². The first-order chi connectivity index (χ1) is 10.3. The van der Waals surface area contributed by atoms with Gasteiger partial charge in [0, 0.05) is 31.6 Å². The van der Waals surface area contributed by atoms with Gasteiger partial charge in [-0.15, -0.1) is 0 Å². The molecule has 1 aliphatic heterocycles. The number of hydrogen-bond acceptors (Lipinski definition) is 4. The Kier molecular flexibility index (Phi) is 4.27. The van der Waals surface area contributed by atoms with Gasteiger partial charge in [-0.3, -0.25) is 4.90 Å². The van der Waals surface area contributed by atoms with Crippen LogP contribution in [0.15, 0.2) is 40.8 Å². The summed E-state index contributed by atoms with van der Waals surface area (Å²) < 4.78 is 11.7. The van der Waals surface area contributed by atoms with Gasteiger partial charge in [-0.1, -0.05) is 25.1 Å². The van der Waals surface area contributed by atoms with E-state index in [0.29, 0.717) is 13.2 Å². The monoisotopic (exact) mass is 286 g/mol. The van der Waals surface area contributed by atoms with Crippen LogP contribution in [-0.2, 0) is 13.0 Å². The van der Waals surface area contributed by atoms with Crippen molar-refractivity contribution in [3.8, 4) is 5.75 Å². The van der Waals surface area contributed by atoms with Crippen molar-refractivity contribution in [2.75, 3.05) is 19.7 Å². The van der Waals surface area contributed by atoms with Gasteiger partial charge in [0.1, 0.15) is 23.9 Å². The molecule has 112 valence electrons. The second kappa shape index (κ2) is 6.33. The number of ether oxygens (including phenoxy) is 1. The predicted molar refractivity (Wildman–Crippen MR) is 82.2 cm³/mol. The van der Waals surface area contributed by atoms with Crippen LogP contribution in [0.2, 0.25) is 0 Å². The highest BCUT2D eigenvalue weighted by atomic mass is 16.5. The molecular formula is C17H22N2O2. The van der Waals surface area contributed by atoms with E-state index in [0.717, 1.165) is 36.8 Å². The van der Waals surface area contributed by atoms with E-state index in [1.807, 2.05) is 30.3 Å². The highest BCUT2D eigenvalue weighted by Gasteiger charge is 2.25. The van der Waals surface area contributed by atoms with Crippen LogP contribution in [0.1, 0.15) is 30.0 Å². The topological polar surface area (TPSA) is 51.6 Å². The Morgan fingerprint density at radius 1 is 1.24 bits per heavy atom. The molecule has 0 aliphatic carbocycles. The van der Waals surface area contributed by atoms with Gasteiger partial charge in [0.05, 0.1) is 6.04 Å². The van der Waals surface area contributed by atoms with Gasteiger partial charge < -0.3 is 14.9 Å². The fourth-order valence-corrected chi connectivity index (χ4v) is 2.82. The van der Waals surface area contributed by atoms with Crippen LogP contribution >= 0.6 is 0 Å². The second-order valence-corrected chi connectivity index (χ2v) is 5.34. The van der Waals surface area contributed by atoms with Crippen molar-refractivity contribution in [1.82, 2.24) is 4.90 Å². The Labute approximate surface area is 125 Å². The zero-order valence-corrected chi connectivity index (χ0v) is 12.4. The van der Waals surface area contributed by atoms with Crippen LogP contribution in [0.25, 0.3) is 0 Å². The molecule has 0 saturated heterocycles. The number of benzene rings is 1. The van der Waals surface area contributed by atoms with E-state index in [4.69, 9.17) is 14.9 Å². The molecular weight excluding hydrogens is 264 g/mol. The van der Waals surface area contributed by atoms with Crippen LogP contribution < -0.4 is 10.5 Å². The quantitative estimate of drug-likeness (QED) is 0.939. The summed E-state index contributed by atoms with van der Waals surface area (Å²) in [5.74, 6) is 2.94. The van der Waals surface area contributed by atoms with Crippen molar-refractivity contribution in [2.24, 2.45) is 5.73 Å². The first-order valence-corrected chi connectivity index (χ1v) is 7.55. The van der Waals surface area contributed by atoms with Gasteiger partial charge in [0.15, 0.2) is 0 Å². The molecule has 1 atom stereocenters. The summed E-state index contributed by atoms with van der Waals surface area (Å²) >= 11 is 0. The molecule has 2 aromatic rings. The van der Waals surface area contributed by atoms with Gasteiger partial charge in [-0.25, -0.2) is 0 Å². The van der Waals surface area contributed by atoms with Crippen molar-refractivity contribution < 1.29 is 9.15 Å². The first kappa shape index (κ1) is 14.2. The number of nitrogens with two attached hydrogens (primary N) is 1. The molecule has 0 spiro atoms. The minimum Gasteiger partial charge on any atom is -0.492 e. The van der Waals surface area contributed by atoms with Crippen LogP contribution in [0.5, 0.6) is 5.75 Å². The van der Waals surface area contributed by atoms with Gasteiger partial charge in [-0.2, -0.15) is 0 Å². The summed E-state index contributed by atoms with van der Waals surface area (Å²) in [4.78, 5) is 2.34. The highest BCUT2D eigenvalue weighted by Crippen LogP contribution is 2.29. The molecule has 4 nitrogen and oxygen atoms in total. The molecule has 3 rings (SSSR count). The third-order valence-corrected chi connectivity index (χ3v) is 4.01. The van der Waals surface area contributed by atoms with Gasteiger partial charge in [-0.05, 0) is 18.2 Å². The summed E-state index contributed by atoms with van der Waals surface area (Å²) in [6, 6.07) is 12.4. The van der Waals surface area contributed by atoms with E-state index in [1.165, 1.54) is 5.56 Å². The average molecular weight is 286 g/mol. The fraction of sp³-hybridized carbons (Fsp3) is 0.412. The Morgan fingerprint density at radius 2 is 2.10 bits per heavy atom. The molecule has 2 heterocycles. The standard InChI is InChI=1S/C17H22N2O2/c1-2-14-7-8-17(21-14)15(11-18)19-9-10-20-16-6-4-3-5-13(16)12-19/h3-8,15H,2,9-12,18H2,1H3. The Bertz CT molecular complexity index is 594. The Morgan fingerprint density at radius 3 is 2.86 bits per heavy atom. The fourth-order valence-electron chi connectivity index (χ4n) is 2.82. The maximum Gasteiger partial charge on any atom is 0.123 e. The molecule has 1 aromatic heterocycles. The average Bonchev–Trinajstić information content (AvgIpc) is 2.88. The number of aryl methyl sites for hydroxylation is 1. The molecule has 0 fully saturated rings. The zero-order valence-electron chi connectivity index (χ0n) is 12.4. The summed E-state index contributed by atoms with van der Waals surface area (Å²) in [6.45, 7) is 4.99. The summed E-state index contributed by atoms with van der Waals surface area (Å²) in [5.41, 5.74) is 7.22. The lowest BCUT2D eigenvalue weighted by atomic mass is 10.1. The number of nitrogens with zero attached hydrogens (tertiary/aromatic N) is 1. The number of fused-ring (bicyclic) bond motifs is 1. The highest BCUT2D eigenvalue weighted by molar-refractivity contribution is 5.34. The molecule has 2 N–H and O–H groups in total. The lowest BCUT2D eigenvalue weighted by Gasteiger charge is -2.27. The van der Waals surface area contributed by atoms with Crippen molar-refractivity contribution in [2.45, 2.75) is 25.9 Å². The predicted octanol–water partition coefficient (Wildman–Crippen LogP) is 2.74. The lowest BCUT2D eigenvalue weighted by molar-refractivity contribution is 0.154. The Hall–Kier alpha value is -1.78. The SMILES string of the molecule is CCc1ccc(C(CN)N2CCOc3ccccc3C2)o1. The molecule has 0 saturated carbocycles. The third-order valence-electron chi connectivity index (χ3n) is 4.01. The van der Waals surface area contributed by atoms with Crippen molar-refractivity contribution >= 4 is 0 Å². The molecule has 4 heteroatoms. The molecule has 1 aromatic carbocycles. The summed E-state index contributed by atoms with van der Waals surface area (Å²) in [5, 5.41) is 0. The van der Waals surface area contributed by atoms with Crippen LogP contribution in [0.3, 0.4) is 0 Å². The minimum atomic E-state index is 0.0973. The van der Waals surface area contributed by atoms with Gasteiger partial charge >= 0.3 is 0 Å². The van der Waals surface area contributed by atoms with Gasteiger partial charge in [0.2, 0.25) is 0 Å². The number of hydrogen-bond donors (Lipinski definition) is 1. The number of para-hydroxylation sites is 1. The van der Waals surface area contributed by atoms with Crippen molar-refractivity contribution in [1.29, 1.82) is 0 Å². The molecule has 1 aliphatic rings. The maximum atomic E-state index is 6.01. The molecule has 0 bridgehead atoms. The van der Waals surface area contributed by atoms with Gasteiger partial charge in [0.25, 0.3) is 0 Å². The maximum absolute atomic E-state index is 6.01. The van der Waals surface area contributed by atoms with Crippen molar-refractivity contribution in [3.63, 3.8) is 0 Å². The molecule has 0 amide bonds. The molecule has 1 unspecified atom stereocenters. The van der Waals surface area contributed by atoms with Crippen LogP contribution in [0, 0.1) is 0 Å². The van der Waals surface area contributed by atoms with E-state index in [9.17, 15) is 0 Å².